The Bertz CT molecular complexity index is 834. The van der Waals surface area contributed by atoms with Crippen molar-refractivity contribution in [3.8, 4) is 0 Å². The Morgan fingerprint density at radius 2 is 1.70 bits per heavy atom. The van der Waals surface area contributed by atoms with E-state index in [0.29, 0.717) is 0 Å². The maximum absolute atomic E-state index is 5.49. The summed E-state index contributed by atoms with van der Waals surface area (Å²) < 4.78 is 7.72. The van der Waals surface area contributed by atoms with Crippen LogP contribution in [0.15, 0.2) is 60.0 Å². The zero-order valence-electron chi connectivity index (χ0n) is 15.2. The molecule has 140 valence electrons. The van der Waals surface area contributed by atoms with E-state index in [0.717, 1.165) is 56.1 Å². The van der Waals surface area contributed by atoms with Crippen LogP contribution >= 0.6 is 11.8 Å². The molecular formula is C20H23N5OS. The van der Waals surface area contributed by atoms with Crippen LogP contribution in [0.25, 0.3) is 0 Å². The highest BCUT2D eigenvalue weighted by molar-refractivity contribution is 7.99. The van der Waals surface area contributed by atoms with Gasteiger partial charge in [-0.15, -0.1) is 10.2 Å². The molecule has 1 aliphatic rings. The maximum Gasteiger partial charge on any atom is 0.228 e. The van der Waals surface area contributed by atoms with Crippen molar-refractivity contribution < 1.29 is 4.74 Å². The highest BCUT2D eigenvalue weighted by Crippen LogP contribution is 2.24. The number of hydrogen-bond acceptors (Lipinski definition) is 6. The second-order valence-corrected chi connectivity index (χ2v) is 7.47. The van der Waals surface area contributed by atoms with Gasteiger partial charge in [0.1, 0.15) is 0 Å². The first-order valence-corrected chi connectivity index (χ1v) is 10.2. The lowest BCUT2D eigenvalue weighted by Crippen LogP contribution is -2.38. The van der Waals surface area contributed by atoms with Gasteiger partial charge in [-0.05, 0) is 29.7 Å². The maximum atomic E-state index is 5.49. The van der Waals surface area contributed by atoms with Crippen LogP contribution in [0.5, 0.6) is 0 Å². The van der Waals surface area contributed by atoms with Gasteiger partial charge in [-0.3, -0.25) is 9.55 Å². The predicted octanol–water partition coefficient (Wildman–Crippen LogP) is 2.89. The summed E-state index contributed by atoms with van der Waals surface area (Å²) in [6.07, 6.45) is 4.67. The molecule has 7 heteroatoms. The molecule has 1 saturated heterocycles. The molecule has 0 N–H and O–H groups in total. The van der Waals surface area contributed by atoms with Gasteiger partial charge in [-0.25, -0.2) is 0 Å². The summed E-state index contributed by atoms with van der Waals surface area (Å²) in [4.78, 5) is 6.35. The van der Waals surface area contributed by atoms with Gasteiger partial charge >= 0.3 is 0 Å². The molecule has 4 rings (SSSR count). The average molecular weight is 382 g/mol. The fourth-order valence-electron chi connectivity index (χ4n) is 3.10. The van der Waals surface area contributed by atoms with E-state index in [9.17, 15) is 0 Å². The van der Waals surface area contributed by atoms with Crippen molar-refractivity contribution in [1.29, 1.82) is 0 Å². The first kappa shape index (κ1) is 18.0. The monoisotopic (exact) mass is 381 g/mol. The van der Waals surface area contributed by atoms with Crippen LogP contribution in [0.4, 0.5) is 5.95 Å². The number of thioether (sulfide) groups is 1. The second kappa shape index (κ2) is 9.01. The molecule has 2 aromatic heterocycles. The molecule has 1 fully saturated rings. The zero-order chi connectivity index (χ0) is 18.3. The first-order valence-electron chi connectivity index (χ1n) is 9.22. The quantitative estimate of drug-likeness (QED) is 0.587. The fraction of sp³-hybridized carbons (Fsp3) is 0.350. The van der Waals surface area contributed by atoms with Gasteiger partial charge in [0.2, 0.25) is 5.95 Å². The minimum Gasteiger partial charge on any atom is -0.378 e. The summed E-state index contributed by atoms with van der Waals surface area (Å²) in [6.45, 7) is 3.97. The summed E-state index contributed by atoms with van der Waals surface area (Å²) in [5.41, 5.74) is 2.54. The Balaban J connectivity index is 1.51. The highest BCUT2D eigenvalue weighted by atomic mass is 32.2. The van der Waals surface area contributed by atoms with Crippen LogP contribution in [0, 0.1) is 0 Å². The first-order chi connectivity index (χ1) is 13.4. The van der Waals surface area contributed by atoms with Crippen LogP contribution < -0.4 is 4.90 Å². The van der Waals surface area contributed by atoms with Crippen molar-refractivity contribution in [3.05, 3.63) is 66.0 Å². The zero-order valence-corrected chi connectivity index (χ0v) is 16.0. The van der Waals surface area contributed by atoms with E-state index >= 15 is 0 Å². The van der Waals surface area contributed by atoms with Gasteiger partial charge in [0.15, 0.2) is 5.16 Å². The molecule has 0 atom stereocenters. The van der Waals surface area contributed by atoms with Crippen LogP contribution in [-0.4, -0.2) is 51.8 Å². The molecule has 1 aliphatic heterocycles. The molecular weight excluding hydrogens is 358 g/mol. The Labute approximate surface area is 163 Å². The minimum atomic E-state index is 0.739. The normalized spacial score (nSPS) is 14.4. The van der Waals surface area contributed by atoms with Crippen LogP contribution in [-0.2, 0) is 17.7 Å². The molecule has 3 heterocycles. The molecule has 0 amide bonds. The molecule has 0 bridgehead atoms. The second-order valence-electron chi connectivity index (χ2n) is 6.41. The number of pyridine rings is 1. The Kier molecular flexibility index (Phi) is 6.01. The van der Waals surface area contributed by atoms with Gasteiger partial charge in [-0.2, -0.15) is 0 Å². The standard InChI is InChI=1S/C20H23N5OS/c1-2-4-18(5-3-1)16-25-19(24-11-13-26-14-12-24)22-23-20(25)27-15-8-17-6-9-21-10-7-17/h1-7,9-10H,8,11-16H2. The number of aryl methyl sites for hydroxylation is 1. The topological polar surface area (TPSA) is 56.1 Å². The summed E-state index contributed by atoms with van der Waals surface area (Å²) in [6, 6.07) is 14.6. The van der Waals surface area contributed by atoms with E-state index in [1.807, 2.05) is 18.5 Å². The molecule has 1 aromatic carbocycles. The number of rotatable bonds is 7. The average Bonchev–Trinajstić information content (AvgIpc) is 3.13. The van der Waals surface area contributed by atoms with Crippen molar-refractivity contribution >= 4 is 17.7 Å². The van der Waals surface area contributed by atoms with E-state index in [4.69, 9.17) is 4.74 Å². The molecule has 0 spiro atoms. The lowest BCUT2D eigenvalue weighted by molar-refractivity contribution is 0.121. The van der Waals surface area contributed by atoms with Crippen LogP contribution in [0.2, 0.25) is 0 Å². The van der Waals surface area contributed by atoms with Crippen molar-refractivity contribution in [3.63, 3.8) is 0 Å². The lowest BCUT2D eigenvalue weighted by Gasteiger charge is -2.28. The number of morpholine rings is 1. The third-order valence-electron chi connectivity index (χ3n) is 4.55. The summed E-state index contributed by atoms with van der Waals surface area (Å²) in [5, 5.41) is 9.98. The van der Waals surface area contributed by atoms with Crippen molar-refractivity contribution in [1.82, 2.24) is 19.7 Å². The minimum absolute atomic E-state index is 0.739. The SMILES string of the molecule is c1ccc(Cn2c(SCCc3ccncc3)nnc2N2CCOCC2)cc1. The summed E-state index contributed by atoms with van der Waals surface area (Å²) in [7, 11) is 0. The number of benzene rings is 1. The molecule has 27 heavy (non-hydrogen) atoms. The van der Waals surface area contributed by atoms with Gasteiger partial charge in [-0.1, -0.05) is 42.1 Å². The number of nitrogens with zero attached hydrogens (tertiary/aromatic N) is 5. The molecule has 3 aromatic rings. The molecule has 0 aliphatic carbocycles. The van der Waals surface area contributed by atoms with Crippen LogP contribution in [0.3, 0.4) is 0 Å². The Morgan fingerprint density at radius 3 is 2.48 bits per heavy atom. The van der Waals surface area contributed by atoms with E-state index in [-0.39, 0.29) is 0 Å². The smallest absolute Gasteiger partial charge is 0.228 e. The number of anilines is 1. The molecule has 0 radical (unpaired) electrons. The Morgan fingerprint density at radius 1 is 0.926 bits per heavy atom. The summed E-state index contributed by atoms with van der Waals surface area (Å²) in [5.74, 6) is 1.90. The highest BCUT2D eigenvalue weighted by Gasteiger charge is 2.20. The number of aromatic nitrogens is 4. The van der Waals surface area contributed by atoms with E-state index in [1.54, 1.807) is 11.8 Å². The van der Waals surface area contributed by atoms with Gasteiger partial charge < -0.3 is 9.64 Å². The fourth-order valence-corrected chi connectivity index (χ4v) is 4.02. The number of ether oxygens (including phenoxy) is 1. The van der Waals surface area contributed by atoms with Crippen molar-refractivity contribution in [2.45, 2.75) is 18.1 Å². The molecule has 6 nitrogen and oxygen atoms in total. The van der Waals surface area contributed by atoms with Crippen molar-refractivity contribution in [2.75, 3.05) is 37.0 Å². The number of hydrogen-bond donors (Lipinski definition) is 0. The predicted molar refractivity (Wildman–Crippen MR) is 107 cm³/mol. The Hall–Kier alpha value is -2.38. The van der Waals surface area contributed by atoms with Gasteiger partial charge in [0.05, 0.1) is 19.8 Å². The summed E-state index contributed by atoms with van der Waals surface area (Å²) >= 11 is 1.76. The largest absolute Gasteiger partial charge is 0.378 e. The van der Waals surface area contributed by atoms with E-state index in [1.165, 1.54) is 11.1 Å². The third-order valence-corrected chi connectivity index (χ3v) is 5.51. The van der Waals surface area contributed by atoms with Crippen molar-refractivity contribution in [2.24, 2.45) is 0 Å². The van der Waals surface area contributed by atoms with Gasteiger partial charge in [0, 0.05) is 31.2 Å². The van der Waals surface area contributed by atoms with E-state index < -0.39 is 0 Å². The molecule has 0 unspecified atom stereocenters. The van der Waals surface area contributed by atoms with E-state index in [2.05, 4.69) is 61.0 Å². The lowest BCUT2D eigenvalue weighted by atomic mass is 10.2. The third kappa shape index (κ3) is 4.67. The molecule has 0 saturated carbocycles. The van der Waals surface area contributed by atoms with Crippen LogP contribution in [0.1, 0.15) is 11.1 Å². The van der Waals surface area contributed by atoms with Gasteiger partial charge in [0.25, 0.3) is 0 Å².